The maximum atomic E-state index is 16.4. The van der Waals surface area contributed by atoms with Crippen LogP contribution in [0.1, 0.15) is 120 Å². The lowest BCUT2D eigenvalue weighted by molar-refractivity contribution is 0.298. The molecule has 1 nitrogen and oxygen atoms in total. The van der Waals surface area contributed by atoms with Gasteiger partial charge in [0.1, 0.15) is 17.5 Å². The predicted molar refractivity (Wildman–Crippen MR) is 176 cm³/mol. The molecule has 0 unspecified atom stereocenters. The quantitative estimate of drug-likeness (QED) is 0.0451. The molecule has 1 radical (unpaired) electrons. The van der Waals surface area contributed by atoms with Crippen LogP contribution in [0, 0.1) is 63.4 Å². The lowest BCUT2D eigenvalue weighted by atomic mass is 9.88. The standard InChI is InChI=1S/C37H49F8OSi/c1-9-11-13-15-17-36(5,6)20-47(22(3)4,21-37(7,8)18-16-14-12-10-2)46-35-33(44)28-27(32(43)34(35)45)30(41)25-23(38)19-24(39)29(40)26(25)31(28)42/h22H,9-18,20-21H2,1-8H3. The molecule has 47 heavy (non-hydrogen) atoms. The summed E-state index contributed by atoms with van der Waals surface area (Å²) in [4.78, 5) is 0. The van der Waals surface area contributed by atoms with Crippen molar-refractivity contribution in [3.8, 4) is 5.75 Å². The molecule has 0 spiro atoms. The zero-order chi connectivity index (χ0) is 35.5. The fourth-order valence-corrected chi connectivity index (χ4v) is 12.6. The van der Waals surface area contributed by atoms with Gasteiger partial charge in [-0.1, -0.05) is 107 Å². The largest absolute Gasteiger partial charge is 0.539 e. The summed E-state index contributed by atoms with van der Waals surface area (Å²) in [5.41, 5.74) is -0.931. The number of benzene rings is 3. The average molecular weight is 690 g/mol. The van der Waals surface area contributed by atoms with E-state index in [9.17, 15) is 13.2 Å². The first-order chi connectivity index (χ1) is 21.8. The lowest BCUT2D eigenvalue weighted by Gasteiger charge is -2.45. The molecule has 0 amide bonds. The van der Waals surface area contributed by atoms with Gasteiger partial charge in [0.25, 0.3) is 8.32 Å². The molecule has 3 aromatic carbocycles. The number of halogens is 8. The highest BCUT2D eigenvalue weighted by Gasteiger charge is 2.49. The molecule has 0 aliphatic carbocycles. The second-order valence-electron chi connectivity index (χ2n) is 15.1. The summed E-state index contributed by atoms with van der Waals surface area (Å²) in [5, 5.41) is -6.09. The van der Waals surface area contributed by atoms with Gasteiger partial charge in [-0.2, -0.15) is 4.39 Å². The van der Waals surface area contributed by atoms with Crippen LogP contribution in [0.3, 0.4) is 0 Å². The van der Waals surface area contributed by atoms with Crippen molar-refractivity contribution in [2.24, 2.45) is 10.8 Å². The first kappa shape index (κ1) is 39.1. The van der Waals surface area contributed by atoms with E-state index in [4.69, 9.17) is 4.43 Å². The molecule has 0 aromatic heterocycles. The van der Waals surface area contributed by atoms with E-state index in [-0.39, 0.29) is 16.4 Å². The Kier molecular flexibility index (Phi) is 12.9. The van der Waals surface area contributed by atoms with Gasteiger partial charge in [-0.05, 0) is 41.3 Å². The van der Waals surface area contributed by atoms with E-state index >= 15 is 22.0 Å². The monoisotopic (exact) mass is 689 g/mol. The maximum Gasteiger partial charge on any atom is 0.255 e. The molecule has 10 heteroatoms. The molecule has 3 rings (SSSR count). The number of fused-ring (bicyclic) bond motifs is 2. The third-order valence-electron chi connectivity index (χ3n) is 9.59. The van der Waals surface area contributed by atoms with E-state index in [1.54, 1.807) is 0 Å². The highest BCUT2D eigenvalue weighted by molar-refractivity contribution is 6.76. The second-order valence-corrected chi connectivity index (χ2v) is 19.3. The number of hydrogen-bond acceptors (Lipinski definition) is 1. The molecule has 0 fully saturated rings. The van der Waals surface area contributed by atoms with Gasteiger partial charge in [-0.15, -0.1) is 0 Å². The molecule has 263 valence electrons. The average Bonchev–Trinajstić information content (AvgIpc) is 2.97. The van der Waals surface area contributed by atoms with E-state index in [0.717, 1.165) is 64.2 Å². The molecule has 0 aliphatic rings. The Morgan fingerprint density at radius 2 is 1.00 bits per heavy atom. The molecule has 0 N–H and O–H groups in total. The van der Waals surface area contributed by atoms with Crippen LogP contribution in [0.15, 0.2) is 0 Å². The zero-order valence-corrected chi connectivity index (χ0v) is 30.0. The topological polar surface area (TPSA) is 9.23 Å². The van der Waals surface area contributed by atoms with Crippen LogP contribution >= 0.6 is 0 Å². The van der Waals surface area contributed by atoms with E-state index in [2.05, 4.69) is 41.5 Å². The van der Waals surface area contributed by atoms with Gasteiger partial charge in [0.15, 0.2) is 29.0 Å². The van der Waals surface area contributed by atoms with Crippen molar-refractivity contribution >= 4 is 29.9 Å². The summed E-state index contributed by atoms with van der Waals surface area (Å²) >= 11 is 0. The molecular weight excluding hydrogens is 640 g/mol. The Hall–Kier alpha value is -2.36. The second kappa shape index (κ2) is 15.5. The molecule has 3 aromatic rings. The summed E-state index contributed by atoms with van der Waals surface area (Å²) in [6.45, 7) is 16.3. The van der Waals surface area contributed by atoms with Gasteiger partial charge in [-0.25, -0.2) is 30.7 Å². The van der Waals surface area contributed by atoms with Crippen molar-refractivity contribution in [1.29, 1.82) is 0 Å². The molecule has 0 saturated heterocycles. The number of rotatable bonds is 17. The van der Waals surface area contributed by atoms with E-state index < -0.39 is 82.1 Å². The van der Waals surface area contributed by atoms with Gasteiger partial charge < -0.3 is 4.43 Å². The van der Waals surface area contributed by atoms with Crippen LogP contribution in [-0.4, -0.2) is 8.32 Å². The van der Waals surface area contributed by atoms with Crippen molar-refractivity contribution < 1.29 is 39.5 Å². The molecule has 0 saturated carbocycles. The Balaban J connectivity index is 2.28. The van der Waals surface area contributed by atoms with E-state index in [1.165, 1.54) is 6.07 Å². The summed E-state index contributed by atoms with van der Waals surface area (Å²) in [6.07, 6.45) is 9.79. The Bertz CT molecular complexity index is 1540. The summed E-state index contributed by atoms with van der Waals surface area (Å²) in [5.74, 6) is -16.7. The van der Waals surface area contributed by atoms with Gasteiger partial charge in [0.2, 0.25) is 5.82 Å². The van der Waals surface area contributed by atoms with Crippen molar-refractivity contribution in [3.63, 3.8) is 0 Å². The number of hydrogen-bond donors (Lipinski definition) is 0. The third-order valence-corrected chi connectivity index (χ3v) is 15.4. The fourth-order valence-electron chi connectivity index (χ4n) is 7.07. The highest BCUT2D eigenvalue weighted by Crippen LogP contribution is 2.49. The Labute approximate surface area is 275 Å². The molecule has 0 aliphatic heterocycles. The zero-order valence-electron chi connectivity index (χ0n) is 29.0. The van der Waals surface area contributed by atoms with Crippen molar-refractivity contribution in [1.82, 2.24) is 0 Å². The van der Waals surface area contributed by atoms with Gasteiger partial charge >= 0.3 is 0 Å². The third kappa shape index (κ3) is 8.45. The lowest BCUT2D eigenvalue weighted by Crippen LogP contribution is -2.51. The normalized spacial score (nSPS) is 13.0. The fraction of sp³-hybridized carbons (Fsp3) is 0.622. The SMILES string of the molecule is CCCCCCC(C)(C)C[Si](CC(C)(C)CCCCCC)(Oc1c(F)c(F)c2c(F)c3c(F)[c]c(F)c(F)c3c(F)c2c1F)C(C)C. The Morgan fingerprint density at radius 3 is 1.47 bits per heavy atom. The highest BCUT2D eigenvalue weighted by atomic mass is 28.4. The minimum atomic E-state index is -3.37. The molecule has 0 bridgehead atoms. The maximum absolute atomic E-state index is 16.4. The van der Waals surface area contributed by atoms with Gasteiger partial charge in [0.05, 0.1) is 27.6 Å². The first-order valence-corrected chi connectivity index (χ1v) is 19.3. The van der Waals surface area contributed by atoms with Crippen LogP contribution in [0.25, 0.3) is 21.5 Å². The van der Waals surface area contributed by atoms with Crippen LogP contribution in [0.5, 0.6) is 5.75 Å². The minimum absolute atomic E-state index is 0.251. The van der Waals surface area contributed by atoms with Crippen LogP contribution < -0.4 is 4.43 Å². The minimum Gasteiger partial charge on any atom is -0.539 e. The van der Waals surface area contributed by atoms with Crippen molar-refractivity contribution in [2.75, 3.05) is 0 Å². The summed E-state index contributed by atoms with van der Waals surface area (Å²) < 4.78 is 129. The molecule has 0 heterocycles. The van der Waals surface area contributed by atoms with Crippen LogP contribution in [-0.2, 0) is 0 Å². The summed E-state index contributed by atoms with van der Waals surface area (Å²) in [6, 6.07) is 2.14. The smallest absolute Gasteiger partial charge is 0.255 e. The molecule has 0 atom stereocenters. The number of unbranched alkanes of at least 4 members (excludes halogenated alkanes) is 6. The van der Waals surface area contributed by atoms with Crippen molar-refractivity contribution in [2.45, 2.75) is 137 Å². The van der Waals surface area contributed by atoms with Crippen LogP contribution in [0.4, 0.5) is 35.1 Å². The van der Waals surface area contributed by atoms with Gasteiger partial charge in [0, 0.05) is 0 Å². The predicted octanol–water partition coefficient (Wildman–Crippen LogP) is 13.6. The Morgan fingerprint density at radius 1 is 0.553 bits per heavy atom. The molecular formula is C37H49F8OSi. The van der Waals surface area contributed by atoms with E-state index in [1.807, 2.05) is 13.8 Å². The van der Waals surface area contributed by atoms with Gasteiger partial charge in [-0.3, -0.25) is 0 Å². The summed E-state index contributed by atoms with van der Waals surface area (Å²) in [7, 11) is -3.37. The van der Waals surface area contributed by atoms with E-state index in [0.29, 0.717) is 12.1 Å². The van der Waals surface area contributed by atoms with Crippen molar-refractivity contribution in [3.05, 3.63) is 52.6 Å². The van der Waals surface area contributed by atoms with Crippen LogP contribution in [0.2, 0.25) is 17.6 Å². The first-order valence-electron chi connectivity index (χ1n) is 16.9.